The van der Waals surface area contributed by atoms with Gasteiger partial charge in [-0.1, -0.05) is 30.3 Å². The Balaban J connectivity index is 1.31. The number of ether oxygens (including phenoxy) is 1. The largest absolute Gasteiger partial charge is 0.496 e. The summed E-state index contributed by atoms with van der Waals surface area (Å²) in [6.45, 7) is 2.16. The number of amides is 3. The van der Waals surface area contributed by atoms with Crippen LogP contribution >= 0.6 is 0 Å². The lowest BCUT2D eigenvalue weighted by Crippen LogP contribution is -2.43. The van der Waals surface area contributed by atoms with Crippen LogP contribution in [0.5, 0.6) is 5.75 Å². The van der Waals surface area contributed by atoms with Crippen molar-refractivity contribution in [2.24, 2.45) is 0 Å². The number of anilines is 1. The molecule has 1 saturated carbocycles. The second kappa shape index (κ2) is 13.0. The van der Waals surface area contributed by atoms with Crippen molar-refractivity contribution >= 4 is 35.1 Å². The molecule has 2 aromatic carbocycles. The number of nitrogens with zero attached hydrogens (tertiary/aromatic N) is 4. The summed E-state index contributed by atoms with van der Waals surface area (Å²) < 4.78 is 21.1. The topological polar surface area (TPSA) is 144 Å². The van der Waals surface area contributed by atoms with E-state index in [4.69, 9.17) is 15.5 Å². The third-order valence-electron chi connectivity index (χ3n) is 8.62. The van der Waals surface area contributed by atoms with Gasteiger partial charge in [-0.05, 0) is 55.5 Å². The number of hydrogen-bond donors (Lipinski definition) is 3. The predicted octanol–water partition coefficient (Wildman–Crippen LogP) is 4.07. The van der Waals surface area contributed by atoms with Crippen LogP contribution in [0, 0.1) is 5.82 Å². The summed E-state index contributed by atoms with van der Waals surface area (Å²) in [4.78, 5) is 48.9. The van der Waals surface area contributed by atoms with E-state index in [1.54, 1.807) is 11.1 Å². The maximum Gasteiger partial charge on any atom is 0.255 e. The summed E-state index contributed by atoms with van der Waals surface area (Å²) >= 11 is 0. The summed E-state index contributed by atoms with van der Waals surface area (Å²) in [6, 6.07) is 11.4. The van der Waals surface area contributed by atoms with Crippen LogP contribution < -0.4 is 21.1 Å². The zero-order chi connectivity index (χ0) is 32.4. The maximum atomic E-state index is 13.8. The van der Waals surface area contributed by atoms with Gasteiger partial charge >= 0.3 is 0 Å². The molecule has 1 aliphatic carbocycles. The zero-order valence-electron chi connectivity index (χ0n) is 25.8. The minimum Gasteiger partial charge on any atom is -0.496 e. The molecule has 11 nitrogen and oxygen atoms in total. The fraction of sp³-hybridized carbons (Fsp3) is 0.324. The van der Waals surface area contributed by atoms with Gasteiger partial charge in [-0.2, -0.15) is 0 Å². The van der Waals surface area contributed by atoms with Crippen LogP contribution in [0.15, 0.2) is 54.7 Å². The molecular formula is C34H36FN7O4. The molecule has 2 aromatic heterocycles. The van der Waals surface area contributed by atoms with Gasteiger partial charge in [0.15, 0.2) is 0 Å². The predicted molar refractivity (Wildman–Crippen MR) is 171 cm³/mol. The Hall–Kier alpha value is -5.26. The Bertz CT molecular complexity index is 1840. The highest BCUT2D eigenvalue weighted by atomic mass is 19.1. The minimum atomic E-state index is -0.523. The molecule has 0 unspecified atom stereocenters. The fourth-order valence-electron chi connectivity index (χ4n) is 6.27. The maximum absolute atomic E-state index is 13.8. The SMILES string of the molecule is COc1ccc(F)cc1C(=O)NCc1ccc(-c2nc3n4c(cnc(N)c24)/C=C/CCN(C(C)=O)CC(=O)N[C@@H]2CC[C@@H]3C2)cc1. The highest BCUT2D eigenvalue weighted by Gasteiger charge is 2.32. The molecule has 0 saturated heterocycles. The van der Waals surface area contributed by atoms with Gasteiger partial charge in [0, 0.05) is 37.5 Å². The van der Waals surface area contributed by atoms with Crippen molar-refractivity contribution in [3.8, 4) is 17.0 Å². The van der Waals surface area contributed by atoms with Crippen LogP contribution in [-0.2, 0) is 16.1 Å². The van der Waals surface area contributed by atoms with Crippen molar-refractivity contribution in [2.45, 2.75) is 51.1 Å². The van der Waals surface area contributed by atoms with E-state index < -0.39 is 11.7 Å². The number of hydrogen-bond acceptors (Lipinski definition) is 7. The van der Waals surface area contributed by atoms with Gasteiger partial charge in [0.05, 0.1) is 31.1 Å². The Morgan fingerprint density at radius 1 is 1.17 bits per heavy atom. The normalized spacial score (nSPS) is 18.9. The molecule has 2 bridgehead atoms. The average Bonchev–Trinajstić information content (AvgIpc) is 3.67. The van der Waals surface area contributed by atoms with Crippen LogP contribution in [0.25, 0.3) is 22.9 Å². The number of fused-ring (bicyclic) bond motifs is 3. The Kier molecular flexibility index (Phi) is 8.69. The molecule has 1 aliphatic heterocycles. The van der Waals surface area contributed by atoms with Crippen LogP contribution in [-0.4, -0.2) is 63.2 Å². The van der Waals surface area contributed by atoms with Gasteiger partial charge < -0.3 is 26.0 Å². The number of rotatable bonds is 5. The second-order valence-corrected chi connectivity index (χ2v) is 11.7. The molecule has 3 heterocycles. The van der Waals surface area contributed by atoms with Crippen molar-refractivity contribution in [1.29, 1.82) is 0 Å². The summed E-state index contributed by atoms with van der Waals surface area (Å²) in [5.41, 5.74) is 10.5. The molecular weight excluding hydrogens is 589 g/mol. The first-order valence-corrected chi connectivity index (χ1v) is 15.3. The van der Waals surface area contributed by atoms with E-state index in [0.717, 1.165) is 41.6 Å². The molecule has 2 aliphatic rings. The van der Waals surface area contributed by atoms with E-state index >= 15 is 0 Å². The first-order chi connectivity index (χ1) is 22.2. The minimum absolute atomic E-state index is 0.0231. The van der Waals surface area contributed by atoms with Gasteiger partial charge in [0.1, 0.15) is 34.4 Å². The highest BCUT2D eigenvalue weighted by molar-refractivity contribution is 5.97. The number of carbonyl (C=O) groups is 3. The first-order valence-electron chi connectivity index (χ1n) is 15.3. The van der Waals surface area contributed by atoms with Gasteiger partial charge in [-0.15, -0.1) is 0 Å². The van der Waals surface area contributed by atoms with Crippen LogP contribution in [0.3, 0.4) is 0 Å². The molecule has 0 radical (unpaired) electrons. The highest BCUT2D eigenvalue weighted by Crippen LogP contribution is 2.39. The van der Waals surface area contributed by atoms with Gasteiger partial charge in [-0.25, -0.2) is 14.4 Å². The van der Waals surface area contributed by atoms with Crippen molar-refractivity contribution in [2.75, 3.05) is 25.9 Å². The fourth-order valence-corrected chi connectivity index (χ4v) is 6.27. The molecule has 6 rings (SSSR count). The molecule has 2 atom stereocenters. The van der Waals surface area contributed by atoms with Gasteiger partial charge in [0.2, 0.25) is 11.8 Å². The third-order valence-corrected chi connectivity index (χ3v) is 8.62. The molecule has 3 amide bonds. The lowest BCUT2D eigenvalue weighted by Gasteiger charge is -2.22. The van der Waals surface area contributed by atoms with Gasteiger partial charge in [-0.3, -0.25) is 18.8 Å². The lowest BCUT2D eigenvalue weighted by atomic mass is 10.1. The van der Waals surface area contributed by atoms with Crippen molar-refractivity contribution < 1.29 is 23.5 Å². The van der Waals surface area contributed by atoms with Crippen LogP contribution in [0.1, 0.15) is 66.0 Å². The van der Waals surface area contributed by atoms with E-state index in [1.807, 2.05) is 36.4 Å². The number of nitrogens with two attached hydrogens (primary N) is 1. The average molecular weight is 626 g/mol. The molecule has 1 fully saturated rings. The number of benzene rings is 2. The van der Waals surface area contributed by atoms with E-state index in [9.17, 15) is 18.8 Å². The van der Waals surface area contributed by atoms with Crippen LogP contribution in [0.2, 0.25) is 0 Å². The molecule has 238 valence electrons. The number of halogens is 1. The van der Waals surface area contributed by atoms with Crippen molar-refractivity contribution in [3.05, 3.63) is 83.2 Å². The summed E-state index contributed by atoms with van der Waals surface area (Å²) in [7, 11) is 1.43. The molecule has 0 spiro atoms. The lowest BCUT2D eigenvalue weighted by molar-refractivity contribution is -0.134. The number of imidazole rings is 1. The zero-order valence-corrected chi connectivity index (χ0v) is 25.8. The van der Waals surface area contributed by atoms with E-state index in [-0.39, 0.29) is 42.4 Å². The van der Waals surface area contributed by atoms with E-state index in [1.165, 1.54) is 26.2 Å². The number of aromatic nitrogens is 3. The quantitative estimate of drug-likeness (QED) is 0.303. The Labute approximate surface area is 265 Å². The molecule has 12 heteroatoms. The monoisotopic (exact) mass is 625 g/mol. The number of nitrogen functional groups attached to an aromatic ring is 1. The van der Waals surface area contributed by atoms with E-state index in [2.05, 4.69) is 20.0 Å². The number of carbonyl (C=O) groups excluding carboxylic acids is 3. The van der Waals surface area contributed by atoms with Crippen molar-refractivity contribution in [1.82, 2.24) is 29.9 Å². The number of methoxy groups -OCH3 is 1. The standard InChI is InChI=1S/C34H36FN7O4/c1-20(43)41-14-4-3-5-26-18-37-32(36)31-30(40-33(42(26)31)23-10-12-25(15-23)39-29(44)19-41)22-8-6-21(7-9-22)17-38-34(45)27-16-24(35)11-13-28(27)46-2/h3,5-9,11,13,16,18,23,25H,4,10,12,14-15,17,19H2,1-2H3,(H2,36,37)(H,38,45)(H,39,44)/b5-3+/t23-,25-/m1/s1. The molecule has 4 aromatic rings. The summed E-state index contributed by atoms with van der Waals surface area (Å²) in [5, 5.41) is 5.94. The van der Waals surface area contributed by atoms with E-state index in [0.29, 0.717) is 42.2 Å². The second-order valence-electron chi connectivity index (χ2n) is 11.7. The first kappa shape index (κ1) is 30.8. The van der Waals surface area contributed by atoms with Gasteiger partial charge in [0.25, 0.3) is 5.91 Å². The Morgan fingerprint density at radius 3 is 2.74 bits per heavy atom. The molecule has 4 N–H and O–H groups in total. The van der Waals surface area contributed by atoms with Crippen molar-refractivity contribution in [3.63, 3.8) is 0 Å². The van der Waals surface area contributed by atoms with Crippen LogP contribution in [0.4, 0.5) is 10.2 Å². The summed E-state index contributed by atoms with van der Waals surface area (Å²) in [5.74, 6) is 0.302. The smallest absolute Gasteiger partial charge is 0.255 e. The molecule has 46 heavy (non-hydrogen) atoms. The Morgan fingerprint density at radius 2 is 1.98 bits per heavy atom. The summed E-state index contributed by atoms with van der Waals surface area (Å²) in [6.07, 6.45) is 8.57. The third kappa shape index (κ3) is 6.28. The number of nitrogens with one attached hydrogen (secondary N) is 2.